The Kier molecular flexibility index (Phi) is 4.41. The zero-order chi connectivity index (χ0) is 11.3. The number of nitrogens with one attached hydrogen (secondary N) is 1. The second-order valence-electron chi connectivity index (χ2n) is 3.18. The van der Waals surface area contributed by atoms with E-state index in [1.807, 2.05) is 6.92 Å². The van der Waals surface area contributed by atoms with Crippen molar-refractivity contribution in [1.29, 1.82) is 0 Å². The summed E-state index contributed by atoms with van der Waals surface area (Å²) in [5, 5.41) is 9.13. The van der Waals surface area contributed by atoms with E-state index in [1.165, 1.54) is 6.33 Å². The van der Waals surface area contributed by atoms with Gasteiger partial charge in [-0.1, -0.05) is 0 Å². The van der Waals surface area contributed by atoms with Gasteiger partial charge in [0.2, 0.25) is 0 Å². The molecule has 4 N–H and O–H groups in total. The van der Waals surface area contributed by atoms with Gasteiger partial charge in [-0.3, -0.25) is 4.84 Å². The van der Waals surface area contributed by atoms with Crippen molar-refractivity contribution in [2.24, 2.45) is 0 Å². The number of nitrogen functional groups attached to an aromatic ring is 1. The summed E-state index contributed by atoms with van der Waals surface area (Å²) in [4.78, 5) is 13.0. The van der Waals surface area contributed by atoms with E-state index < -0.39 is 0 Å². The van der Waals surface area contributed by atoms with Crippen LogP contribution in [-0.4, -0.2) is 28.2 Å². The highest BCUT2D eigenvalue weighted by Gasteiger charge is 2.11. The number of hydrogen-bond acceptors (Lipinski definition) is 6. The van der Waals surface area contributed by atoms with Crippen molar-refractivity contribution in [2.45, 2.75) is 26.1 Å². The highest BCUT2D eigenvalue weighted by Crippen LogP contribution is 2.14. The van der Waals surface area contributed by atoms with E-state index in [-0.39, 0.29) is 12.7 Å². The first-order valence-electron chi connectivity index (χ1n) is 4.70. The van der Waals surface area contributed by atoms with Crippen LogP contribution in [0.4, 0.5) is 5.82 Å². The van der Waals surface area contributed by atoms with Gasteiger partial charge in [0.15, 0.2) is 0 Å². The quantitative estimate of drug-likeness (QED) is 0.577. The molecule has 1 atom stereocenters. The Morgan fingerprint density at radius 3 is 2.93 bits per heavy atom. The lowest BCUT2D eigenvalue weighted by Gasteiger charge is -2.13. The lowest BCUT2D eigenvalue weighted by molar-refractivity contribution is -0.00129. The lowest BCUT2D eigenvalue weighted by Crippen LogP contribution is -2.21. The maximum absolute atomic E-state index is 9.13. The van der Waals surface area contributed by atoms with Crippen molar-refractivity contribution in [3.63, 3.8) is 0 Å². The fourth-order valence-electron chi connectivity index (χ4n) is 1.33. The molecule has 0 radical (unpaired) electrons. The molecule has 15 heavy (non-hydrogen) atoms. The number of hydrogen-bond donors (Lipinski definition) is 3. The van der Waals surface area contributed by atoms with Crippen LogP contribution in [0.3, 0.4) is 0 Å². The number of rotatable bonds is 5. The summed E-state index contributed by atoms with van der Waals surface area (Å²) in [6, 6.07) is 0. The van der Waals surface area contributed by atoms with E-state index in [2.05, 4.69) is 15.4 Å². The van der Waals surface area contributed by atoms with Gasteiger partial charge in [-0.2, -0.15) is 0 Å². The van der Waals surface area contributed by atoms with Gasteiger partial charge in [-0.25, -0.2) is 15.4 Å². The Labute approximate surface area is 88.4 Å². The maximum atomic E-state index is 9.13. The van der Waals surface area contributed by atoms with E-state index in [0.29, 0.717) is 23.5 Å². The predicted octanol–water partition coefficient (Wildman–Crippen LogP) is -0.367. The highest BCUT2D eigenvalue weighted by molar-refractivity contribution is 5.40. The zero-order valence-electron chi connectivity index (χ0n) is 8.90. The summed E-state index contributed by atoms with van der Waals surface area (Å²) >= 11 is 0. The second kappa shape index (κ2) is 5.59. The fraction of sp³-hybridized carbons (Fsp3) is 0.556. The molecular formula is C9H16N4O2. The third-order valence-electron chi connectivity index (χ3n) is 2.03. The topological polar surface area (TPSA) is 93.3 Å². The van der Waals surface area contributed by atoms with Crippen LogP contribution in [0.15, 0.2) is 6.33 Å². The van der Waals surface area contributed by atoms with E-state index >= 15 is 0 Å². The van der Waals surface area contributed by atoms with Crippen molar-refractivity contribution in [2.75, 3.05) is 12.8 Å². The number of aromatic nitrogens is 2. The summed E-state index contributed by atoms with van der Waals surface area (Å²) in [6.45, 7) is 1.74. The Hall–Kier alpha value is -1.24. The molecule has 0 aromatic carbocycles. The lowest BCUT2D eigenvalue weighted by atomic mass is 10.1. The molecule has 1 aromatic rings. The van der Waals surface area contributed by atoms with Gasteiger partial charge in [0.05, 0.1) is 18.4 Å². The maximum Gasteiger partial charge on any atom is 0.132 e. The van der Waals surface area contributed by atoms with Gasteiger partial charge in [0, 0.05) is 19.0 Å². The van der Waals surface area contributed by atoms with Gasteiger partial charge in [0.1, 0.15) is 12.1 Å². The predicted molar refractivity (Wildman–Crippen MR) is 55.7 cm³/mol. The summed E-state index contributed by atoms with van der Waals surface area (Å²) in [7, 11) is 1.69. The summed E-state index contributed by atoms with van der Waals surface area (Å²) in [5.41, 5.74) is 9.51. The van der Waals surface area contributed by atoms with Crippen LogP contribution >= 0.6 is 0 Å². The molecule has 0 saturated heterocycles. The van der Waals surface area contributed by atoms with Crippen LogP contribution in [0.2, 0.25) is 0 Å². The van der Waals surface area contributed by atoms with Crippen LogP contribution in [0.25, 0.3) is 0 Å². The van der Waals surface area contributed by atoms with Crippen molar-refractivity contribution in [3.05, 3.63) is 17.6 Å². The van der Waals surface area contributed by atoms with Crippen molar-refractivity contribution in [1.82, 2.24) is 15.4 Å². The monoisotopic (exact) mass is 212 g/mol. The number of aliphatic hydroxyl groups is 1. The minimum absolute atomic E-state index is 0.0467. The Morgan fingerprint density at radius 1 is 1.60 bits per heavy atom. The van der Waals surface area contributed by atoms with Crippen molar-refractivity contribution in [3.8, 4) is 0 Å². The molecule has 6 heteroatoms. The third kappa shape index (κ3) is 3.12. The van der Waals surface area contributed by atoms with Crippen molar-refractivity contribution >= 4 is 5.82 Å². The SMILES string of the molecule is CNOC(C)Cc1ncnc(N)c1CO. The Balaban J connectivity index is 2.80. The smallest absolute Gasteiger partial charge is 0.132 e. The molecule has 0 aliphatic rings. The van der Waals surface area contributed by atoms with Crippen LogP contribution in [-0.2, 0) is 17.9 Å². The normalized spacial score (nSPS) is 12.7. The van der Waals surface area contributed by atoms with Gasteiger partial charge in [0.25, 0.3) is 0 Å². The standard InChI is InChI=1S/C9H16N4O2/c1-6(15-11-2)3-8-7(4-14)9(10)13-5-12-8/h5-6,11,14H,3-4H2,1-2H3,(H2,10,12,13). The molecule has 0 aliphatic carbocycles. The molecule has 0 bridgehead atoms. The average Bonchev–Trinajstić information content (AvgIpc) is 2.18. The van der Waals surface area contributed by atoms with Crippen molar-refractivity contribution < 1.29 is 9.94 Å². The molecule has 1 unspecified atom stereocenters. The molecule has 1 aromatic heterocycles. The molecule has 0 spiro atoms. The molecule has 84 valence electrons. The highest BCUT2D eigenvalue weighted by atomic mass is 16.7. The van der Waals surface area contributed by atoms with Gasteiger partial charge in [-0.05, 0) is 6.92 Å². The molecule has 0 aliphatic heterocycles. The molecule has 0 amide bonds. The second-order valence-corrected chi connectivity index (χ2v) is 3.18. The number of aliphatic hydroxyl groups excluding tert-OH is 1. The number of nitrogens with zero attached hydrogens (tertiary/aromatic N) is 2. The van der Waals surface area contributed by atoms with Gasteiger partial charge >= 0.3 is 0 Å². The van der Waals surface area contributed by atoms with E-state index in [9.17, 15) is 0 Å². The third-order valence-corrected chi connectivity index (χ3v) is 2.03. The number of anilines is 1. The molecular weight excluding hydrogens is 196 g/mol. The minimum atomic E-state index is -0.158. The van der Waals surface area contributed by atoms with E-state index in [1.54, 1.807) is 7.05 Å². The summed E-state index contributed by atoms with van der Waals surface area (Å²) in [6.07, 6.45) is 1.91. The van der Waals surface area contributed by atoms with Crippen LogP contribution in [0.1, 0.15) is 18.2 Å². The Bertz CT molecular complexity index is 319. The van der Waals surface area contributed by atoms with Gasteiger partial charge < -0.3 is 10.8 Å². The summed E-state index contributed by atoms with van der Waals surface area (Å²) < 4.78 is 0. The van der Waals surface area contributed by atoms with E-state index in [4.69, 9.17) is 15.7 Å². The minimum Gasteiger partial charge on any atom is -0.391 e. The Morgan fingerprint density at radius 2 is 2.33 bits per heavy atom. The van der Waals surface area contributed by atoms with E-state index in [0.717, 1.165) is 0 Å². The average molecular weight is 212 g/mol. The molecule has 1 rings (SSSR count). The van der Waals surface area contributed by atoms with Crippen LogP contribution < -0.4 is 11.2 Å². The first-order valence-corrected chi connectivity index (χ1v) is 4.70. The zero-order valence-corrected chi connectivity index (χ0v) is 8.90. The summed E-state index contributed by atoms with van der Waals surface area (Å²) in [5.74, 6) is 0.319. The molecule has 6 nitrogen and oxygen atoms in total. The first-order chi connectivity index (χ1) is 7.19. The van der Waals surface area contributed by atoms with Crippen LogP contribution in [0.5, 0.6) is 0 Å². The van der Waals surface area contributed by atoms with Crippen LogP contribution in [0, 0.1) is 0 Å². The largest absolute Gasteiger partial charge is 0.391 e. The molecule has 1 heterocycles. The molecule has 0 saturated carbocycles. The fourth-order valence-corrected chi connectivity index (χ4v) is 1.33. The number of nitrogens with two attached hydrogens (primary N) is 1. The van der Waals surface area contributed by atoms with Gasteiger partial charge in [-0.15, -0.1) is 0 Å². The molecule has 0 fully saturated rings. The number of hydroxylamine groups is 1. The first kappa shape index (κ1) is 11.8.